The molecule has 0 saturated carbocycles. The Morgan fingerprint density at radius 3 is 2.50 bits per heavy atom. The van der Waals surface area contributed by atoms with Crippen LogP contribution in [-0.4, -0.2) is 41.7 Å². The number of amidine groups is 2. The Morgan fingerprint density at radius 1 is 1.10 bits per heavy atom. The van der Waals surface area contributed by atoms with Crippen LogP contribution in [0.1, 0.15) is 56.2 Å². The standard InChI is InChI=1S/C31H33F3N6OS/c1-4-21(2)27-7-5-6-8-28(27)40-22(3)17-18-42-30(40)39-38-19-23-9-11-24(12-10-23)29(35)37-20-36-25-13-15-26(16-14-25)41-31(32,33)34/h5-16,19-22H,4,17-18H2,1-3H3,(H2,35,36,37)/b38-19+,39-30+. The number of anilines is 1. The number of thioether (sulfide) groups is 1. The molecule has 11 heteroatoms. The molecule has 2 atom stereocenters. The molecule has 1 saturated heterocycles. The normalized spacial score (nSPS) is 18.2. The second-order valence-corrected chi connectivity index (χ2v) is 10.8. The van der Waals surface area contributed by atoms with Gasteiger partial charge in [-0.25, -0.2) is 9.98 Å². The molecule has 1 aliphatic heterocycles. The lowest BCUT2D eigenvalue weighted by atomic mass is 9.96. The van der Waals surface area contributed by atoms with Crippen molar-refractivity contribution in [2.75, 3.05) is 10.7 Å². The molecule has 2 unspecified atom stereocenters. The van der Waals surface area contributed by atoms with Gasteiger partial charge in [0.1, 0.15) is 17.9 Å². The zero-order chi connectivity index (χ0) is 30.1. The number of rotatable bonds is 9. The number of alkyl halides is 3. The molecule has 7 nitrogen and oxygen atoms in total. The van der Waals surface area contributed by atoms with E-state index >= 15 is 0 Å². The number of benzene rings is 3. The summed E-state index contributed by atoms with van der Waals surface area (Å²) in [6.07, 6.45) is 0.338. The quantitative estimate of drug-likeness (QED) is 0.155. The molecule has 3 aromatic rings. The molecule has 220 valence electrons. The predicted molar refractivity (Wildman–Crippen MR) is 168 cm³/mol. The third-order valence-electron chi connectivity index (χ3n) is 6.78. The maximum Gasteiger partial charge on any atom is 0.573 e. The Kier molecular flexibility index (Phi) is 10.4. The van der Waals surface area contributed by atoms with Crippen LogP contribution in [0.2, 0.25) is 0 Å². The fraction of sp³-hybridized carbons (Fsp3) is 0.290. The van der Waals surface area contributed by atoms with E-state index in [9.17, 15) is 13.2 Å². The van der Waals surface area contributed by atoms with Crippen LogP contribution < -0.4 is 15.4 Å². The molecule has 4 rings (SSSR count). The minimum absolute atomic E-state index is 0.239. The van der Waals surface area contributed by atoms with Crippen LogP contribution in [0.25, 0.3) is 0 Å². The number of halogens is 3. The first-order chi connectivity index (χ1) is 20.1. The lowest BCUT2D eigenvalue weighted by Crippen LogP contribution is -2.41. The molecule has 1 fully saturated rings. The number of hydrogen-bond donors (Lipinski definition) is 1. The highest BCUT2D eigenvalue weighted by Crippen LogP contribution is 2.35. The number of nitrogens with zero attached hydrogens (tertiary/aromatic N) is 5. The van der Waals surface area contributed by atoms with E-state index in [0.29, 0.717) is 23.2 Å². The highest BCUT2D eigenvalue weighted by atomic mass is 32.2. The second kappa shape index (κ2) is 14.2. The molecule has 0 aromatic heterocycles. The summed E-state index contributed by atoms with van der Waals surface area (Å²) in [5.41, 5.74) is 10.5. The van der Waals surface area contributed by atoms with E-state index in [1.165, 1.54) is 41.9 Å². The molecule has 1 aliphatic rings. The topological polar surface area (TPSA) is 87.9 Å². The minimum Gasteiger partial charge on any atom is -0.406 e. The van der Waals surface area contributed by atoms with Crippen LogP contribution in [0.3, 0.4) is 0 Å². The highest BCUT2D eigenvalue weighted by molar-refractivity contribution is 8.14. The van der Waals surface area contributed by atoms with Gasteiger partial charge in [-0.3, -0.25) is 0 Å². The van der Waals surface area contributed by atoms with Crippen molar-refractivity contribution in [1.29, 1.82) is 0 Å². The van der Waals surface area contributed by atoms with E-state index in [1.54, 1.807) is 18.0 Å². The van der Waals surface area contributed by atoms with Gasteiger partial charge in [0.25, 0.3) is 0 Å². The van der Waals surface area contributed by atoms with Gasteiger partial charge in [0.15, 0.2) is 5.17 Å². The summed E-state index contributed by atoms with van der Waals surface area (Å²) in [6, 6.07) is 21.3. The number of para-hydroxylation sites is 1. The summed E-state index contributed by atoms with van der Waals surface area (Å²) in [6.45, 7) is 6.68. The summed E-state index contributed by atoms with van der Waals surface area (Å²) in [5, 5.41) is 9.89. The van der Waals surface area contributed by atoms with Crippen molar-refractivity contribution in [3.05, 3.63) is 89.5 Å². The zero-order valence-electron chi connectivity index (χ0n) is 23.6. The first kappa shape index (κ1) is 30.8. The van der Waals surface area contributed by atoms with E-state index in [1.807, 2.05) is 24.3 Å². The van der Waals surface area contributed by atoms with Crippen molar-refractivity contribution in [3.63, 3.8) is 0 Å². The molecule has 0 spiro atoms. The maximum atomic E-state index is 12.3. The fourth-order valence-electron chi connectivity index (χ4n) is 4.32. The van der Waals surface area contributed by atoms with Crippen molar-refractivity contribution in [2.24, 2.45) is 25.9 Å². The van der Waals surface area contributed by atoms with E-state index in [4.69, 9.17) is 5.73 Å². The molecule has 42 heavy (non-hydrogen) atoms. The Labute approximate surface area is 248 Å². The van der Waals surface area contributed by atoms with Crippen LogP contribution >= 0.6 is 11.8 Å². The van der Waals surface area contributed by atoms with Crippen LogP contribution in [0.4, 0.5) is 24.5 Å². The number of hydrogen-bond acceptors (Lipinski definition) is 5. The molecule has 0 aliphatic carbocycles. The number of nitrogens with two attached hydrogens (primary N) is 1. The van der Waals surface area contributed by atoms with Gasteiger partial charge in [-0.2, -0.15) is 5.10 Å². The number of ether oxygens (including phenoxy) is 1. The van der Waals surface area contributed by atoms with Gasteiger partial charge in [-0.1, -0.05) is 68.1 Å². The summed E-state index contributed by atoms with van der Waals surface area (Å²) in [5.74, 6) is 1.35. The monoisotopic (exact) mass is 594 g/mol. The van der Waals surface area contributed by atoms with Crippen LogP contribution in [0, 0.1) is 0 Å². The van der Waals surface area contributed by atoms with Crippen LogP contribution in [0.15, 0.2) is 93.0 Å². The third-order valence-corrected chi connectivity index (χ3v) is 7.76. The maximum absolute atomic E-state index is 12.3. The Balaban J connectivity index is 1.42. The summed E-state index contributed by atoms with van der Waals surface area (Å²) >= 11 is 1.71. The molecular weight excluding hydrogens is 561 g/mol. The summed E-state index contributed by atoms with van der Waals surface area (Å²) < 4.78 is 40.7. The fourth-order valence-corrected chi connectivity index (χ4v) is 5.48. The first-order valence-corrected chi connectivity index (χ1v) is 14.6. The van der Waals surface area contributed by atoms with Crippen molar-refractivity contribution in [1.82, 2.24) is 0 Å². The molecule has 1 heterocycles. The van der Waals surface area contributed by atoms with Gasteiger partial charge < -0.3 is 15.4 Å². The third kappa shape index (κ3) is 8.45. The lowest BCUT2D eigenvalue weighted by Gasteiger charge is -2.37. The summed E-state index contributed by atoms with van der Waals surface area (Å²) in [7, 11) is 0. The minimum atomic E-state index is -4.74. The van der Waals surface area contributed by atoms with Crippen LogP contribution in [0.5, 0.6) is 5.75 Å². The smallest absolute Gasteiger partial charge is 0.406 e. The Bertz CT molecular complexity index is 1450. The SMILES string of the molecule is CCC(C)c1ccccc1N1/C(=N\N=C\c2ccc(C(N)=NC=Nc3ccc(OC(F)(F)F)cc3)cc2)SCCC1C. The van der Waals surface area contributed by atoms with Gasteiger partial charge in [0.2, 0.25) is 0 Å². The van der Waals surface area contributed by atoms with Crippen LogP contribution in [-0.2, 0) is 0 Å². The number of aliphatic imine (C=N–C) groups is 2. The average Bonchev–Trinajstić information content (AvgIpc) is 2.97. The Hall–Kier alpha value is -4.12. The molecule has 3 aromatic carbocycles. The molecule has 0 bridgehead atoms. The summed E-state index contributed by atoms with van der Waals surface area (Å²) in [4.78, 5) is 10.5. The van der Waals surface area contributed by atoms with Gasteiger partial charge in [0.05, 0.1) is 11.9 Å². The van der Waals surface area contributed by atoms with Gasteiger partial charge in [-0.15, -0.1) is 18.3 Å². The van der Waals surface area contributed by atoms with E-state index in [0.717, 1.165) is 29.3 Å². The van der Waals surface area contributed by atoms with Gasteiger partial charge >= 0.3 is 6.36 Å². The molecule has 0 radical (unpaired) electrons. The second-order valence-electron chi connectivity index (χ2n) is 9.77. The lowest BCUT2D eigenvalue weighted by molar-refractivity contribution is -0.274. The van der Waals surface area contributed by atoms with Gasteiger partial charge in [0, 0.05) is 23.0 Å². The predicted octanol–water partition coefficient (Wildman–Crippen LogP) is 7.89. The van der Waals surface area contributed by atoms with Crippen molar-refractivity contribution >= 4 is 46.7 Å². The van der Waals surface area contributed by atoms with Crippen molar-refractivity contribution < 1.29 is 17.9 Å². The Morgan fingerprint density at radius 2 is 1.81 bits per heavy atom. The van der Waals surface area contributed by atoms with E-state index in [2.05, 4.69) is 74.9 Å². The van der Waals surface area contributed by atoms with Crippen molar-refractivity contribution in [2.45, 2.75) is 51.9 Å². The highest BCUT2D eigenvalue weighted by Gasteiger charge is 2.31. The molecule has 2 N–H and O–H groups in total. The van der Waals surface area contributed by atoms with E-state index in [-0.39, 0.29) is 11.6 Å². The van der Waals surface area contributed by atoms with Gasteiger partial charge in [-0.05, 0) is 67.1 Å². The molecule has 0 amide bonds. The molecular formula is C31H33F3N6OS. The largest absolute Gasteiger partial charge is 0.573 e. The van der Waals surface area contributed by atoms with Crippen molar-refractivity contribution in [3.8, 4) is 5.75 Å². The first-order valence-electron chi connectivity index (χ1n) is 13.6. The zero-order valence-corrected chi connectivity index (χ0v) is 24.4. The average molecular weight is 595 g/mol. The van der Waals surface area contributed by atoms with E-state index < -0.39 is 6.36 Å².